The second-order valence-electron chi connectivity index (χ2n) is 11.1. The summed E-state index contributed by atoms with van der Waals surface area (Å²) >= 11 is 0.765. The third kappa shape index (κ3) is 7.47. The van der Waals surface area contributed by atoms with Crippen LogP contribution in [-0.2, 0) is 19.9 Å². The van der Waals surface area contributed by atoms with Crippen LogP contribution in [0.25, 0.3) is 10.9 Å². The number of carboxylic acids is 1. The fourth-order valence-electron chi connectivity index (χ4n) is 5.44. The van der Waals surface area contributed by atoms with Crippen LogP contribution in [0.2, 0.25) is 0 Å². The zero-order chi connectivity index (χ0) is 33.5. The van der Waals surface area contributed by atoms with Gasteiger partial charge in [0.25, 0.3) is 11.8 Å². The number of nitrogens with one attached hydrogen (secondary N) is 1. The van der Waals surface area contributed by atoms with Gasteiger partial charge in [0.05, 0.1) is 29.8 Å². The average Bonchev–Trinajstić information content (AvgIpc) is 3.88. The number of piperazine rings is 1. The number of benzene rings is 2. The normalized spacial score (nSPS) is 19.6. The van der Waals surface area contributed by atoms with Gasteiger partial charge >= 0.3 is 35.5 Å². The van der Waals surface area contributed by atoms with Crippen molar-refractivity contribution < 1.29 is 71.1 Å². The first-order chi connectivity index (χ1) is 22.4. The van der Waals surface area contributed by atoms with E-state index in [9.17, 15) is 37.3 Å². The number of hydrogen-bond donors (Lipinski definition) is 2. The number of ether oxygens (including phenoxy) is 1. The van der Waals surface area contributed by atoms with Crippen LogP contribution < -0.4 is 49.9 Å². The first-order valence-electron chi connectivity index (χ1n) is 14.5. The minimum Gasteiger partial charge on any atom is -0.731 e. The van der Waals surface area contributed by atoms with Crippen molar-refractivity contribution in [3.8, 4) is 5.75 Å². The average molecular weight is 711 g/mol. The molecule has 2 aliphatic heterocycles. The van der Waals surface area contributed by atoms with Crippen LogP contribution in [0.5, 0.6) is 5.75 Å². The Morgan fingerprint density at radius 1 is 1.12 bits per heavy atom. The molecule has 6 rings (SSSR count). The molecule has 1 aliphatic carbocycles. The van der Waals surface area contributed by atoms with Crippen LogP contribution in [0.3, 0.4) is 0 Å². The Morgan fingerprint density at radius 2 is 1.81 bits per heavy atom. The van der Waals surface area contributed by atoms with E-state index in [2.05, 4.69) is 10.4 Å². The maximum Gasteiger partial charge on any atom is 1.00 e. The second kappa shape index (κ2) is 14.4. The van der Waals surface area contributed by atoms with Crippen LogP contribution in [0.1, 0.15) is 29.2 Å². The summed E-state index contributed by atoms with van der Waals surface area (Å²) in [5.41, 5.74) is 0.831. The van der Waals surface area contributed by atoms with Gasteiger partial charge in [-0.25, -0.2) is 21.9 Å². The molecule has 0 spiro atoms. The first kappa shape index (κ1) is 35.6. The molecule has 2 N–H and O–H groups in total. The molecular formula is C29H28FN6NaO9S2. The van der Waals surface area contributed by atoms with Crippen LogP contribution in [-0.4, -0.2) is 99.5 Å². The topological polar surface area (TPSA) is 194 Å². The smallest absolute Gasteiger partial charge is 0.731 e. The molecule has 48 heavy (non-hydrogen) atoms. The van der Waals surface area contributed by atoms with Crippen LogP contribution >= 0.6 is 11.8 Å². The third-order valence-corrected chi connectivity index (χ3v) is 9.95. The summed E-state index contributed by atoms with van der Waals surface area (Å²) in [6, 6.07) is 9.83. The quantitative estimate of drug-likeness (QED) is 0.0745. The molecule has 0 radical (unpaired) electrons. The number of amides is 2. The minimum absolute atomic E-state index is 0. The molecule has 1 aromatic heterocycles. The van der Waals surface area contributed by atoms with E-state index in [-0.39, 0.29) is 51.0 Å². The predicted octanol–water partition coefficient (Wildman–Crippen LogP) is -1.83. The summed E-state index contributed by atoms with van der Waals surface area (Å²) in [5, 5.41) is 16.5. The van der Waals surface area contributed by atoms with E-state index in [0.29, 0.717) is 37.4 Å². The van der Waals surface area contributed by atoms with Gasteiger partial charge in [0.2, 0.25) is 5.43 Å². The zero-order valence-corrected chi connectivity index (χ0v) is 29.2. The van der Waals surface area contributed by atoms with Gasteiger partial charge in [0, 0.05) is 30.7 Å². The number of nitrogens with zero attached hydrogens (tertiary/aromatic N) is 5. The molecule has 2 aromatic carbocycles. The van der Waals surface area contributed by atoms with E-state index in [1.807, 2.05) is 0 Å². The van der Waals surface area contributed by atoms with Crippen LogP contribution in [0.4, 0.5) is 10.1 Å². The van der Waals surface area contributed by atoms with Gasteiger partial charge in [-0.1, -0.05) is 30.0 Å². The minimum atomic E-state index is -5.15. The van der Waals surface area contributed by atoms with Crippen molar-refractivity contribution in [3.05, 3.63) is 70.3 Å². The Labute approximate surface area is 299 Å². The molecule has 2 atom stereocenters. The summed E-state index contributed by atoms with van der Waals surface area (Å²) in [6.07, 6.45) is 2.96. The first-order valence-corrected chi connectivity index (χ1v) is 16.8. The van der Waals surface area contributed by atoms with Crippen LogP contribution in [0, 0.1) is 5.82 Å². The fraction of sp³-hybridized carbons (Fsp3) is 0.345. The Bertz CT molecular complexity index is 1940. The molecule has 1 saturated carbocycles. The summed E-state index contributed by atoms with van der Waals surface area (Å²) in [4.78, 5) is 51.0. The van der Waals surface area contributed by atoms with Gasteiger partial charge in [-0.2, -0.15) is 5.10 Å². The summed E-state index contributed by atoms with van der Waals surface area (Å²) < 4.78 is 57.7. The monoisotopic (exact) mass is 710 g/mol. The summed E-state index contributed by atoms with van der Waals surface area (Å²) in [6.45, 7) is 0.869. The molecule has 3 heterocycles. The maximum absolute atomic E-state index is 15.3. The number of anilines is 1. The molecule has 2 saturated heterocycles. The van der Waals surface area contributed by atoms with E-state index in [0.717, 1.165) is 30.7 Å². The third-order valence-electron chi connectivity index (χ3n) is 7.95. The number of halogens is 1. The van der Waals surface area contributed by atoms with Gasteiger partial charge in [-0.15, -0.1) is 0 Å². The summed E-state index contributed by atoms with van der Waals surface area (Å²) in [7, 11) is -5.15. The number of β-lactam (4-membered cyclic amide) rings is 1. The van der Waals surface area contributed by atoms with Crippen molar-refractivity contribution in [3.63, 3.8) is 0 Å². The molecule has 3 fully saturated rings. The van der Waals surface area contributed by atoms with Crippen molar-refractivity contribution in [2.24, 2.45) is 5.10 Å². The van der Waals surface area contributed by atoms with Crippen molar-refractivity contribution in [2.75, 3.05) is 37.7 Å². The van der Waals surface area contributed by atoms with Gasteiger partial charge < -0.3 is 29.2 Å². The molecule has 1 unspecified atom stereocenters. The Balaban J connectivity index is 0.00000451. The number of thioether (sulfide) groups is 1. The molecule has 0 bridgehead atoms. The predicted molar refractivity (Wildman–Crippen MR) is 167 cm³/mol. The molecule has 15 nitrogen and oxygen atoms in total. The number of pyridine rings is 1. The van der Waals surface area contributed by atoms with Crippen molar-refractivity contribution in [1.82, 2.24) is 19.2 Å². The Kier molecular flexibility index (Phi) is 10.7. The Morgan fingerprint density at radius 3 is 2.44 bits per heavy atom. The number of rotatable bonds is 11. The number of carboxylic acid groups (broad SMARTS) is 1. The number of carbonyl (C=O) groups excluding carboxylic acids is 2. The Hall–Kier alpha value is -3.68. The van der Waals surface area contributed by atoms with Gasteiger partial charge in [-0.05, 0) is 37.1 Å². The molecular weight excluding hydrogens is 682 g/mol. The molecule has 2 amide bonds. The van der Waals surface area contributed by atoms with Gasteiger partial charge in [0.1, 0.15) is 28.5 Å². The van der Waals surface area contributed by atoms with Crippen LogP contribution in [0.15, 0.2) is 58.6 Å². The number of aromatic carboxylic acids is 1. The molecule has 19 heteroatoms. The number of aromatic nitrogens is 1. The van der Waals surface area contributed by atoms with E-state index in [1.54, 1.807) is 50.9 Å². The van der Waals surface area contributed by atoms with E-state index < -0.39 is 62.9 Å². The largest absolute Gasteiger partial charge is 1.00 e. The number of hydrazone groups is 1. The number of hydrogen-bond acceptors (Lipinski definition) is 12. The summed E-state index contributed by atoms with van der Waals surface area (Å²) in [5.74, 6) is -3.38. The van der Waals surface area contributed by atoms with Gasteiger partial charge in [-0.3, -0.25) is 19.4 Å². The fourth-order valence-corrected chi connectivity index (χ4v) is 7.48. The maximum atomic E-state index is 15.3. The number of carbonyl (C=O) groups is 3. The van der Waals surface area contributed by atoms with Crippen molar-refractivity contribution >= 4 is 62.0 Å². The molecule has 3 aliphatic rings. The SMILES string of the molecule is O=C(COc1ccccc1)N[C@H]1C(=O)N(S(=O)(=O)[O-])C1SC=NN1CCN(c2cc3c(cc2F)c(=O)c(C(=O)O)cn3C2CC2)CC1.[Na+]. The standard InChI is InChI=1S/C29H29FN6O9S2.Na/c30-21-12-19-22(35(17-6-7-17)14-20(26(19)38)29(40)41)13-23(21)33-8-10-34(11-9-33)31-16-46-28-25(27(39)36(28)47(42,43)44)32-24(37)15-45-18-4-2-1-3-5-18;/h1-5,12-14,16-17,25,28H,6-11,15H2,(H,32,37)(H,40,41)(H,42,43,44);/q;+1/p-1/t25-,28?;/m0./s1. The van der Waals surface area contributed by atoms with E-state index >= 15 is 4.39 Å². The van der Waals surface area contributed by atoms with E-state index in [4.69, 9.17) is 4.74 Å². The second-order valence-corrected chi connectivity index (χ2v) is 13.3. The van der Waals surface area contributed by atoms with Crippen molar-refractivity contribution in [1.29, 1.82) is 0 Å². The van der Waals surface area contributed by atoms with E-state index in [1.165, 1.54) is 11.7 Å². The van der Waals surface area contributed by atoms with Gasteiger partial charge in [0.15, 0.2) is 16.9 Å². The molecule has 3 aromatic rings. The number of fused-ring (bicyclic) bond motifs is 1. The van der Waals surface area contributed by atoms with Crippen molar-refractivity contribution in [2.45, 2.75) is 30.3 Å². The number of para-hydroxylation sites is 1. The zero-order valence-electron chi connectivity index (χ0n) is 25.5. The molecule has 248 valence electrons.